The molecule has 0 aliphatic carbocycles. The van der Waals surface area contributed by atoms with Gasteiger partial charge in [-0.25, -0.2) is 9.97 Å². The quantitative estimate of drug-likeness (QED) is 0.289. The van der Waals surface area contributed by atoms with Crippen molar-refractivity contribution in [2.45, 2.75) is 25.4 Å². The van der Waals surface area contributed by atoms with E-state index in [1.54, 1.807) is 18.7 Å². The lowest BCUT2D eigenvalue weighted by atomic mass is 9.92. The monoisotopic (exact) mass is 491 g/mol. The smallest absolute Gasteiger partial charge is 0.233 e. The SMILES string of the molecule is COc1cc2nc(SCC(=O)N3CC(C)CC(C)C3)n3nc(-c4ccccc4)nc3c2cc1OC. The van der Waals surface area contributed by atoms with Gasteiger partial charge in [0.2, 0.25) is 5.91 Å². The van der Waals surface area contributed by atoms with Crippen LogP contribution in [-0.2, 0) is 4.79 Å². The summed E-state index contributed by atoms with van der Waals surface area (Å²) in [5, 5.41) is 6.18. The van der Waals surface area contributed by atoms with Crippen molar-refractivity contribution in [1.82, 2.24) is 24.5 Å². The van der Waals surface area contributed by atoms with Crippen molar-refractivity contribution in [1.29, 1.82) is 0 Å². The number of carbonyl (C=O) groups is 1. The molecule has 0 bridgehead atoms. The van der Waals surface area contributed by atoms with Crippen LogP contribution in [0.2, 0.25) is 0 Å². The molecule has 0 saturated carbocycles. The van der Waals surface area contributed by atoms with Crippen molar-refractivity contribution < 1.29 is 14.3 Å². The molecule has 4 aromatic rings. The van der Waals surface area contributed by atoms with Crippen LogP contribution in [0.3, 0.4) is 0 Å². The van der Waals surface area contributed by atoms with Gasteiger partial charge in [-0.3, -0.25) is 4.79 Å². The van der Waals surface area contributed by atoms with E-state index in [-0.39, 0.29) is 5.91 Å². The van der Waals surface area contributed by atoms with Crippen molar-refractivity contribution in [3.63, 3.8) is 0 Å². The van der Waals surface area contributed by atoms with Gasteiger partial charge in [0.25, 0.3) is 0 Å². The third-order valence-electron chi connectivity index (χ3n) is 6.33. The first-order valence-corrected chi connectivity index (χ1v) is 12.7. The summed E-state index contributed by atoms with van der Waals surface area (Å²) in [6.45, 7) is 6.03. The fraction of sp³-hybridized carbons (Fsp3) is 0.385. The Morgan fingerprint density at radius 1 is 1.03 bits per heavy atom. The van der Waals surface area contributed by atoms with Crippen LogP contribution in [0.1, 0.15) is 20.3 Å². The van der Waals surface area contributed by atoms with Crippen LogP contribution in [0.15, 0.2) is 47.6 Å². The fourth-order valence-electron chi connectivity index (χ4n) is 4.80. The average molecular weight is 492 g/mol. The van der Waals surface area contributed by atoms with Gasteiger partial charge in [-0.1, -0.05) is 55.9 Å². The molecule has 9 heteroatoms. The number of likely N-dealkylation sites (tertiary alicyclic amines) is 1. The van der Waals surface area contributed by atoms with Gasteiger partial charge in [0.1, 0.15) is 0 Å². The number of rotatable bonds is 6. The van der Waals surface area contributed by atoms with Crippen LogP contribution in [0, 0.1) is 11.8 Å². The Morgan fingerprint density at radius 2 is 1.71 bits per heavy atom. The summed E-state index contributed by atoms with van der Waals surface area (Å²) in [5.41, 5.74) is 2.27. The fourth-order valence-corrected chi connectivity index (χ4v) is 5.64. The minimum Gasteiger partial charge on any atom is -0.493 e. The molecule has 3 heterocycles. The zero-order chi connectivity index (χ0) is 24.5. The molecule has 2 aromatic carbocycles. The molecule has 1 saturated heterocycles. The van der Waals surface area contributed by atoms with E-state index in [2.05, 4.69) is 13.8 Å². The third-order valence-corrected chi connectivity index (χ3v) is 7.24. The molecular formula is C26H29N5O3S. The second-order valence-electron chi connectivity index (χ2n) is 9.19. The van der Waals surface area contributed by atoms with Crippen LogP contribution in [0.5, 0.6) is 11.5 Å². The Morgan fingerprint density at radius 3 is 2.40 bits per heavy atom. The Hall–Kier alpha value is -3.33. The molecule has 0 radical (unpaired) electrons. The molecule has 5 rings (SSSR count). The summed E-state index contributed by atoms with van der Waals surface area (Å²) in [7, 11) is 3.20. The molecular weight excluding hydrogens is 462 g/mol. The number of nitrogens with zero attached hydrogens (tertiary/aromatic N) is 5. The number of methoxy groups -OCH3 is 2. The molecule has 2 atom stereocenters. The van der Waals surface area contributed by atoms with E-state index in [0.717, 1.165) is 30.5 Å². The van der Waals surface area contributed by atoms with Gasteiger partial charge in [0.05, 0.1) is 25.5 Å². The maximum atomic E-state index is 13.1. The number of fused-ring (bicyclic) bond motifs is 3. The van der Waals surface area contributed by atoms with Gasteiger partial charge >= 0.3 is 0 Å². The van der Waals surface area contributed by atoms with E-state index >= 15 is 0 Å². The lowest BCUT2D eigenvalue weighted by Gasteiger charge is -2.34. The summed E-state index contributed by atoms with van der Waals surface area (Å²) in [5.74, 6) is 3.23. The molecule has 182 valence electrons. The van der Waals surface area contributed by atoms with Crippen LogP contribution in [0.25, 0.3) is 27.9 Å². The first-order chi connectivity index (χ1) is 17.0. The van der Waals surface area contributed by atoms with Crippen molar-refractivity contribution in [2.75, 3.05) is 33.1 Å². The molecule has 1 aliphatic rings. The van der Waals surface area contributed by atoms with E-state index in [1.807, 2.05) is 47.4 Å². The number of thioether (sulfide) groups is 1. The van der Waals surface area contributed by atoms with E-state index in [9.17, 15) is 4.79 Å². The second kappa shape index (κ2) is 9.73. The Labute approximate surface area is 208 Å². The minimum absolute atomic E-state index is 0.124. The lowest BCUT2D eigenvalue weighted by Crippen LogP contribution is -2.43. The lowest BCUT2D eigenvalue weighted by molar-refractivity contribution is -0.130. The van der Waals surface area contributed by atoms with Gasteiger partial charge < -0.3 is 14.4 Å². The summed E-state index contributed by atoms with van der Waals surface area (Å²) in [6, 6.07) is 13.5. The second-order valence-corrected chi connectivity index (χ2v) is 10.1. The highest BCUT2D eigenvalue weighted by Gasteiger charge is 2.26. The Kier molecular flexibility index (Phi) is 6.51. The van der Waals surface area contributed by atoms with Crippen molar-refractivity contribution >= 4 is 34.2 Å². The Balaban J connectivity index is 1.56. The highest BCUT2D eigenvalue weighted by Crippen LogP contribution is 2.35. The number of aromatic nitrogens is 4. The first-order valence-electron chi connectivity index (χ1n) is 11.7. The highest BCUT2D eigenvalue weighted by molar-refractivity contribution is 7.99. The number of ether oxygens (including phenoxy) is 2. The van der Waals surface area contributed by atoms with Crippen molar-refractivity contribution in [3.05, 3.63) is 42.5 Å². The minimum atomic E-state index is 0.124. The molecule has 1 amide bonds. The Bertz CT molecular complexity index is 1360. The van der Waals surface area contributed by atoms with Crippen LogP contribution >= 0.6 is 11.8 Å². The average Bonchev–Trinajstić information content (AvgIpc) is 3.32. The predicted molar refractivity (Wildman–Crippen MR) is 137 cm³/mol. The highest BCUT2D eigenvalue weighted by atomic mass is 32.2. The zero-order valence-electron chi connectivity index (χ0n) is 20.4. The van der Waals surface area contributed by atoms with E-state index in [1.165, 1.54) is 11.8 Å². The molecule has 0 N–H and O–H groups in total. The molecule has 2 aromatic heterocycles. The predicted octanol–water partition coefficient (Wildman–Crippen LogP) is 4.56. The van der Waals surface area contributed by atoms with Gasteiger partial charge in [0, 0.05) is 30.1 Å². The first kappa shape index (κ1) is 23.4. The molecule has 1 fully saturated rings. The number of carbonyl (C=O) groups excluding carboxylic acids is 1. The van der Waals surface area contributed by atoms with Gasteiger partial charge in [0.15, 0.2) is 28.1 Å². The van der Waals surface area contributed by atoms with Gasteiger partial charge in [-0.05, 0) is 24.3 Å². The molecule has 2 unspecified atom stereocenters. The topological polar surface area (TPSA) is 81.9 Å². The molecule has 8 nitrogen and oxygen atoms in total. The number of hydrogen-bond acceptors (Lipinski definition) is 7. The molecule has 0 spiro atoms. The largest absolute Gasteiger partial charge is 0.493 e. The summed E-state index contributed by atoms with van der Waals surface area (Å²) in [4.78, 5) is 24.8. The van der Waals surface area contributed by atoms with Gasteiger partial charge in [-0.15, -0.1) is 5.10 Å². The van der Waals surface area contributed by atoms with Crippen LogP contribution in [0.4, 0.5) is 0 Å². The summed E-state index contributed by atoms with van der Waals surface area (Å²) in [6.07, 6.45) is 1.16. The standard InChI is InChI=1S/C26H29N5O3S/c1-16-10-17(2)14-30(13-16)23(32)15-35-26-27-20-12-22(34-4)21(33-3)11-19(20)25-28-24(29-31(25)26)18-8-6-5-7-9-18/h5-9,11-12,16-17H,10,13-15H2,1-4H3. The number of benzene rings is 2. The normalized spacial score (nSPS) is 18.2. The molecule has 1 aliphatic heterocycles. The zero-order valence-corrected chi connectivity index (χ0v) is 21.2. The van der Waals surface area contributed by atoms with Crippen molar-refractivity contribution in [3.8, 4) is 22.9 Å². The third kappa shape index (κ3) is 4.65. The summed E-state index contributed by atoms with van der Waals surface area (Å²) < 4.78 is 12.7. The van der Waals surface area contributed by atoms with Gasteiger partial charge in [-0.2, -0.15) is 4.52 Å². The van der Waals surface area contributed by atoms with E-state index in [0.29, 0.717) is 51.2 Å². The van der Waals surface area contributed by atoms with E-state index < -0.39 is 0 Å². The number of amides is 1. The number of piperidine rings is 1. The van der Waals surface area contributed by atoms with E-state index in [4.69, 9.17) is 24.5 Å². The van der Waals surface area contributed by atoms with Crippen LogP contribution in [-0.4, -0.2) is 63.5 Å². The van der Waals surface area contributed by atoms with Crippen molar-refractivity contribution in [2.24, 2.45) is 11.8 Å². The number of hydrogen-bond donors (Lipinski definition) is 0. The van der Waals surface area contributed by atoms with Crippen LogP contribution < -0.4 is 9.47 Å². The maximum Gasteiger partial charge on any atom is 0.233 e. The maximum absolute atomic E-state index is 13.1. The molecule has 35 heavy (non-hydrogen) atoms. The summed E-state index contributed by atoms with van der Waals surface area (Å²) >= 11 is 1.39.